The molecule has 0 heterocycles. The molecule has 0 spiro atoms. The van der Waals surface area contributed by atoms with E-state index in [9.17, 15) is 5.11 Å². The molecule has 0 bridgehead atoms. The molecule has 4 heteroatoms. The molecule has 1 atom stereocenters. The molecular formula is C12H28N2O2. The lowest BCUT2D eigenvalue weighted by Crippen LogP contribution is -2.46. The van der Waals surface area contributed by atoms with E-state index in [1.807, 2.05) is 25.9 Å². The Morgan fingerprint density at radius 1 is 1.31 bits per heavy atom. The Kier molecular flexibility index (Phi) is 8.84. The van der Waals surface area contributed by atoms with Crippen molar-refractivity contribution >= 4 is 0 Å². The van der Waals surface area contributed by atoms with E-state index < -0.39 is 5.60 Å². The lowest BCUT2D eigenvalue weighted by molar-refractivity contribution is 0.0316. The maximum absolute atomic E-state index is 9.98. The third-order valence-corrected chi connectivity index (χ3v) is 2.23. The third-order valence-electron chi connectivity index (χ3n) is 2.23. The van der Waals surface area contributed by atoms with Gasteiger partial charge in [-0.05, 0) is 27.4 Å². The minimum absolute atomic E-state index is 0.600. The molecule has 0 saturated heterocycles. The van der Waals surface area contributed by atoms with Crippen LogP contribution in [0.3, 0.4) is 0 Å². The van der Waals surface area contributed by atoms with Gasteiger partial charge in [0.05, 0.1) is 12.2 Å². The first-order valence-electron chi connectivity index (χ1n) is 6.13. The molecule has 0 aromatic carbocycles. The number of nitrogens with one attached hydrogen (secondary N) is 1. The van der Waals surface area contributed by atoms with Gasteiger partial charge >= 0.3 is 0 Å². The van der Waals surface area contributed by atoms with Crippen LogP contribution in [0.4, 0.5) is 0 Å². The second-order valence-corrected chi connectivity index (χ2v) is 4.88. The predicted octanol–water partition coefficient (Wildman–Crippen LogP) is 0.705. The smallest absolute Gasteiger partial charge is 0.0869 e. The first-order valence-corrected chi connectivity index (χ1v) is 6.13. The van der Waals surface area contributed by atoms with Gasteiger partial charge in [-0.1, -0.05) is 13.3 Å². The molecule has 4 nitrogen and oxygen atoms in total. The molecule has 0 saturated carbocycles. The van der Waals surface area contributed by atoms with Gasteiger partial charge in [-0.25, -0.2) is 0 Å². The summed E-state index contributed by atoms with van der Waals surface area (Å²) >= 11 is 0. The SMILES string of the molecule is CCCCOCCNCC(C)(O)CN(C)C. The van der Waals surface area contributed by atoms with E-state index in [0.29, 0.717) is 13.1 Å². The number of aliphatic hydroxyl groups is 1. The van der Waals surface area contributed by atoms with E-state index in [1.54, 1.807) is 0 Å². The van der Waals surface area contributed by atoms with Crippen LogP contribution < -0.4 is 5.32 Å². The van der Waals surface area contributed by atoms with Crippen molar-refractivity contribution in [3.63, 3.8) is 0 Å². The van der Waals surface area contributed by atoms with Crippen LogP contribution in [0.1, 0.15) is 26.7 Å². The summed E-state index contributed by atoms with van der Waals surface area (Å²) in [5.41, 5.74) is -0.674. The summed E-state index contributed by atoms with van der Waals surface area (Å²) in [5.74, 6) is 0. The molecule has 0 aliphatic heterocycles. The van der Waals surface area contributed by atoms with Crippen LogP contribution in [-0.2, 0) is 4.74 Å². The van der Waals surface area contributed by atoms with Gasteiger partial charge in [0.15, 0.2) is 0 Å². The molecule has 0 fully saturated rings. The van der Waals surface area contributed by atoms with Gasteiger partial charge in [0, 0.05) is 26.2 Å². The van der Waals surface area contributed by atoms with E-state index in [1.165, 1.54) is 6.42 Å². The van der Waals surface area contributed by atoms with Crippen LogP contribution in [0, 0.1) is 0 Å². The Bertz CT molecular complexity index is 161. The molecule has 0 aliphatic rings. The number of hydrogen-bond donors (Lipinski definition) is 2. The highest BCUT2D eigenvalue weighted by Crippen LogP contribution is 2.01. The summed E-state index contributed by atoms with van der Waals surface area (Å²) in [7, 11) is 3.92. The van der Waals surface area contributed by atoms with Gasteiger partial charge in [-0.3, -0.25) is 0 Å². The van der Waals surface area contributed by atoms with Crippen molar-refractivity contribution in [2.24, 2.45) is 0 Å². The summed E-state index contributed by atoms with van der Waals surface area (Å²) < 4.78 is 5.42. The molecular weight excluding hydrogens is 204 g/mol. The van der Waals surface area contributed by atoms with Crippen LogP contribution in [0.25, 0.3) is 0 Å². The Labute approximate surface area is 100.0 Å². The topological polar surface area (TPSA) is 44.7 Å². The minimum Gasteiger partial charge on any atom is -0.388 e. The molecule has 16 heavy (non-hydrogen) atoms. The largest absolute Gasteiger partial charge is 0.388 e. The van der Waals surface area contributed by atoms with Crippen LogP contribution in [0.5, 0.6) is 0 Å². The van der Waals surface area contributed by atoms with Crippen molar-refractivity contribution in [3.8, 4) is 0 Å². The first-order chi connectivity index (χ1) is 7.48. The number of ether oxygens (including phenoxy) is 1. The standard InChI is InChI=1S/C12H28N2O2/c1-5-6-8-16-9-7-13-10-12(2,15)11-14(3)4/h13,15H,5-11H2,1-4H3. The quantitative estimate of drug-likeness (QED) is 0.544. The normalized spacial score (nSPS) is 15.4. The second kappa shape index (κ2) is 8.93. The maximum Gasteiger partial charge on any atom is 0.0869 e. The van der Waals surface area contributed by atoms with Crippen molar-refractivity contribution in [3.05, 3.63) is 0 Å². The fourth-order valence-electron chi connectivity index (χ4n) is 1.59. The van der Waals surface area contributed by atoms with Gasteiger partial charge in [0.2, 0.25) is 0 Å². The summed E-state index contributed by atoms with van der Waals surface area (Å²) in [5, 5.41) is 13.2. The molecule has 0 radical (unpaired) electrons. The van der Waals surface area contributed by atoms with Crippen molar-refractivity contribution < 1.29 is 9.84 Å². The lowest BCUT2D eigenvalue weighted by Gasteiger charge is -2.27. The Morgan fingerprint density at radius 2 is 2.00 bits per heavy atom. The zero-order chi connectivity index (χ0) is 12.4. The Balaban J connectivity index is 3.36. The van der Waals surface area contributed by atoms with Gasteiger partial charge in [-0.2, -0.15) is 0 Å². The summed E-state index contributed by atoms with van der Waals surface area (Å²) in [6, 6.07) is 0. The fourth-order valence-corrected chi connectivity index (χ4v) is 1.59. The highest BCUT2D eigenvalue weighted by Gasteiger charge is 2.20. The van der Waals surface area contributed by atoms with Crippen molar-refractivity contribution in [1.82, 2.24) is 10.2 Å². The number of hydrogen-bond acceptors (Lipinski definition) is 4. The van der Waals surface area contributed by atoms with Gasteiger partial charge in [0.25, 0.3) is 0 Å². The predicted molar refractivity (Wildman–Crippen MR) is 67.8 cm³/mol. The molecule has 0 rings (SSSR count). The van der Waals surface area contributed by atoms with Crippen LogP contribution in [-0.4, -0.2) is 62.6 Å². The second-order valence-electron chi connectivity index (χ2n) is 4.88. The number of nitrogens with zero attached hydrogens (tertiary/aromatic N) is 1. The van der Waals surface area contributed by atoms with Crippen LogP contribution in [0.2, 0.25) is 0 Å². The molecule has 0 aromatic rings. The third kappa shape index (κ3) is 10.4. The van der Waals surface area contributed by atoms with Gasteiger partial charge < -0.3 is 20.1 Å². The monoisotopic (exact) mass is 232 g/mol. The minimum atomic E-state index is -0.674. The van der Waals surface area contributed by atoms with Crippen LogP contribution >= 0.6 is 0 Å². The summed E-state index contributed by atoms with van der Waals surface area (Å²) in [6.45, 7) is 7.62. The zero-order valence-electron chi connectivity index (χ0n) is 11.3. The average molecular weight is 232 g/mol. The van der Waals surface area contributed by atoms with Crippen molar-refractivity contribution in [2.75, 3.05) is 46.9 Å². The maximum atomic E-state index is 9.98. The molecule has 0 amide bonds. The Morgan fingerprint density at radius 3 is 2.56 bits per heavy atom. The molecule has 0 aromatic heterocycles. The lowest BCUT2D eigenvalue weighted by atomic mass is 10.1. The molecule has 1 unspecified atom stereocenters. The van der Waals surface area contributed by atoms with Crippen molar-refractivity contribution in [2.45, 2.75) is 32.3 Å². The van der Waals surface area contributed by atoms with E-state index in [0.717, 1.165) is 26.2 Å². The molecule has 2 N–H and O–H groups in total. The van der Waals surface area contributed by atoms with Gasteiger partial charge in [-0.15, -0.1) is 0 Å². The van der Waals surface area contributed by atoms with Crippen molar-refractivity contribution in [1.29, 1.82) is 0 Å². The molecule has 98 valence electrons. The Hall–Kier alpha value is -0.160. The fraction of sp³-hybridized carbons (Fsp3) is 1.00. The van der Waals surface area contributed by atoms with E-state index in [2.05, 4.69) is 12.2 Å². The number of rotatable bonds is 10. The summed E-state index contributed by atoms with van der Waals surface area (Å²) in [4.78, 5) is 1.99. The first kappa shape index (κ1) is 15.8. The zero-order valence-corrected chi connectivity index (χ0v) is 11.3. The average Bonchev–Trinajstić information content (AvgIpc) is 2.14. The van der Waals surface area contributed by atoms with E-state index >= 15 is 0 Å². The van der Waals surface area contributed by atoms with Gasteiger partial charge in [0.1, 0.15) is 0 Å². The van der Waals surface area contributed by atoms with E-state index in [4.69, 9.17) is 4.74 Å². The van der Waals surface area contributed by atoms with E-state index in [-0.39, 0.29) is 0 Å². The highest BCUT2D eigenvalue weighted by atomic mass is 16.5. The number of unbranched alkanes of at least 4 members (excludes halogenated alkanes) is 1. The summed E-state index contributed by atoms with van der Waals surface area (Å²) in [6.07, 6.45) is 2.29. The highest BCUT2D eigenvalue weighted by molar-refractivity contribution is 4.77. The van der Waals surface area contributed by atoms with Crippen LogP contribution in [0.15, 0.2) is 0 Å². The molecule has 0 aliphatic carbocycles. The number of likely N-dealkylation sites (N-methyl/N-ethyl adjacent to an activating group) is 1.